The van der Waals surface area contributed by atoms with E-state index in [1.165, 1.54) is 38.1 Å². The number of nitrogens with zero attached hydrogens (tertiary/aromatic N) is 1. The number of carboxylic acids is 1. The van der Waals surface area contributed by atoms with Crippen LogP contribution in [0.3, 0.4) is 0 Å². The van der Waals surface area contributed by atoms with Crippen LogP contribution in [0.25, 0.3) is 0 Å². The number of carboxylic acid groups (broad SMARTS) is 1. The highest BCUT2D eigenvalue weighted by molar-refractivity contribution is 5.87. The molecular formula is C12H15NO5. The summed E-state index contributed by atoms with van der Waals surface area (Å²) in [6.45, 7) is 3.27. The van der Waals surface area contributed by atoms with Gasteiger partial charge in [-0.3, -0.25) is 10.1 Å². The molecule has 0 amide bonds. The zero-order valence-electron chi connectivity index (χ0n) is 10.3. The molecule has 1 rings (SSSR count). The molecule has 0 atom stereocenters. The van der Waals surface area contributed by atoms with E-state index in [9.17, 15) is 14.9 Å². The van der Waals surface area contributed by atoms with Crippen LogP contribution < -0.4 is 4.74 Å². The Balaban J connectivity index is 2.50. The first-order valence-electron chi connectivity index (χ1n) is 5.43. The number of carbonyl (C=O) groups is 1. The Labute approximate surface area is 104 Å². The van der Waals surface area contributed by atoms with Crippen molar-refractivity contribution in [3.8, 4) is 5.75 Å². The lowest BCUT2D eigenvalue weighted by molar-refractivity contribution is -0.561. The van der Waals surface area contributed by atoms with Crippen molar-refractivity contribution < 1.29 is 19.6 Å². The molecule has 0 saturated heterocycles. The van der Waals surface area contributed by atoms with Gasteiger partial charge in [-0.15, -0.1) is 0 Å². The van der Waals surface area contributed by atoms with Crippen molar-refractivity contribution in [3.05, 3.63) is 39.9 Å². The smallest absolute Gasteiger partial charge is 0.335 e. The van der Waals surface area contributed by atoms with Gasteiger partial charge in [0.05, 0.1) is 18.6 Å². The molecular weight excluding hydrogens is 238 g/mol. The molecule has 0 spiro atoms. The highest BCUT2D eigenvalue weighted by Crippen LogP contribution is 2.16. The Kier molecular flexibility index (Phi) is 4.25. The number of aromatic carboxylic acids is 1. The predicted molar refractivity (Wildman–Crippen MR) is 64.6 cm³/mol. The number of benzene rings is 1. The summed E-state index contributed by atoms with van der Waals surface area (Å²) in [6.07, 6.45) is 0.278. The lowest BCUT2D eigenvalue weighted by atomic mass is 10.0. The van der Waals surface area contributed by atoms with E-state index in [2.05, 4.69) is 0 Å². The fourth-order valence-corrected chi connectivity index (χ4v) is 1.20. The average molecular weight is 253 g/mol. The lowest BCUT2D eigenvalue weighted by Gasteiger charge is -2.15. The fraction of sp³-hybridized carbons (Fsp3) is 0.417. The molecule has 1 aromatic rings. The van der Waals surface area contributed by atoms with Crippen molar-refractivity contribution >= 4 is 5.97 Å². The minimum Gasteiger partial charge on any atom is -0.493 e. The quantitative estimate of drug-likeness (QED) is 0.620. The van der Waals surface area contributed by atoms with Crippen LogP contribution in [0, 0.1) is 10.1 Å². The summed E-state index contributed by atoms with van der Waals surface area (Å²) >= 11 is 0. The first-order valence-corrected chi connectivity index (χ1v) is 5.43. The van der Waals surface area contributed by atoms with E-state index in [-0.39, 0.29) is 23.5 Å². The molecule has 0 heterocycles. The van der Waals surface area contributed by atoms with Crippen molar-refractivity contribution in [2.75, 3.05) is 6.61 Å². The van der Waals surface area contributed by atoms with Gasteiger partial charge in [0.15, 0.2) is 0 Å². The van der Waals surface area contributed by atoms with Crippen LogP contribution in [-0.4, -0.2) is 28.1 Å². The highest BCUT2D eigenvalue weighted by Gasteiger charge is 2.30. The van der Waals surface area contributed by atoms with Crippen LogP contribution in [0.4, 0.5) is 0 Å². The molecule has 0 bridgehead atoms. The monoisotopic (exact) mass is 253 g/mol. The number of hydrogen-bond donors (Lipinski definition) is 1. The molecule has 1 aromatic carbocycles. The summed E-state index contributed by atoms with van der Waals surface area (Å²) in [7, 11) is 0. The van der Waals surface area contributed by atoms with E-state index >= 15 is 0 Å². The third kappa shape index (κ3) is 3.73. The maximum atomic E-state index is 10.7. The maximum absolute atomic E-state index is 10.7. The number of ether oxygens (including phenoxy) is 1. The van der Waals surface area contributed by atoms with Crippen molar-refractivity contribution in [3.63, 3.8) is 0 Å². The Hall–Kier alpha value is -2.11. The number of rotatable bonds is 6. The first kappa shape index (κ1) is 14.0. The normalized spacial score (nSPS) is 11.0. The molecule has 1 N–H and O–H groups in total. The third-order valence-corrected chi connectivity index (χ3v) is 2.58. The van der Waals surface area contributed by atoms with E-state index in [0.717, 1.165) is 0 Å². The second-order valence-corrected chi connectivity index (χ2v) is 4.50. The Morgan fingerprint density at radius 2 is 1.94 bits per heavy atom. The summed E-state index contributed by atoms with van der Waals surface area (Å²) < 4.78 is 5.33. The van der Waals surface area contributed by atoms with Crippen LogP contribution in [0.1, 0.15) is 30.6 Å². The van der Waals surface area contributed by atoms with Gasteiger partial charge in [-0.05, 0) is 24.3 Å². The highest BCUT2D eigenvalue weighted by atomic mass is 16.6. The Morgan fingerprint density at radius 1 is 1.39 bits per heavy atom. The molecule has 0 unspecified atom stereocenters. The summed E-state index contributed by atoms with van der Waals surface area (Å²) in [5, 5.41) is 19.4. The molecule has 0 aliphatic carbocycles. The summed E-state index contributed by atoms with van der Waals surface area (Å²) in [4.78, 5) is 20.9. The molecule has 0 aromatic heterocycles. The van der Waals surface area contributed by atoms with Gasteiger partial charge in [-0.2, -0.15) is 0 Å². The first-order chi connectivity index (χ1) is 8.33. The minimum absolute atomic E-state index is 0.174. The SMILES string of the molecule is CC(C)(CCOc1ccc(C(=O)O)cc1)[N+](=O)[O-]. The molecule has 6 nitrogen and oxygen atoms in total. The zero-order valence-corrected chi connectivity index (χ0v) is 10.3. The zero-order chi connectivity index (χ0) is 13.8. The molecule has 0 radical (unpaired) electrons. The van der Waals surface area contributed by atoms with Crippen LogP contribution in [0.15, 0.2) is 24.3 Å². The Morgan fingerprint density at radius 3 is 2.39 bits per heavy atom. The second kappa shape index (κ2) is 5.48. The minimum atomic E-state index is -1.03. The molecule has 98 valence electrons. The van der Waals surface area contributed by atoms with E-state index in [4.69, 9.17) is 9.84 Å². The van der Waals surface area contributed by atoms with Crippen molar-refractivity contribution in [2.45, 2.75) is 25.8 Å². The van der Waals surface area contributed by atoms with Crippen molar-refractivity contribution in [1.29, 1.82) is 0 Å². The Bertz CT molecular complexity index is 438. The van der Waals surface area contributed by atoms with Gasteiger partial charge in [0.1, 0.15) is 5.75 Å². The summed E-state index contributed by atoms with van der Waals surface area (Å²) in [5.41, 5.74) is -0.853. The van der Waals surface area contributed by atoms with Crippen LogP contribution >= 0.6 is 0 Å². The lowest BCUT2D eigenvalue weighted by Crippen LogP contribution is -2.32. The molecule has 6 heteroatoms. The van der Waals surface area contributed by atoms with E-state index in [1.807, 2.05) is 0 Å². The van der Waals surface area contributed by atoms with Gasteiger partial charge in [-0.1, -0.05) is 0 Å². The topological polar surface area (TPSA) is 89.7 Å². The summed E-state index contributed by atoms with van der Waals surface area (Å²) in [5.74, 6) is -0.504. The van der Waals surface area contributed by atoms with E-state index in [1.54, 1.807) is 0 Å². The van der Waals surface area contributed by atoms with Crippen molar-refractivity contribution in [1.82, 2.24) is 0 Å². The van der Waals surface area contributed by atoms with Gasteiger partial charge in [0, 0.05) is 18.8 Å². The third-order valence-electron chi connectivity index (χ3n) is 2.58. The maximum Gasteiger partial charge on any atom is 0.335 e. The molecule has 0 aliphatic rings. The van der Waals surface area contributed by atoms with Gasteiger partial charge < -0.3 is 9.84 Å². The van der Waals surface area contributed by atoms with E-state index < -0.39 is 11.5 Å². The second-order valence-electron chi connectivity index (χ2n) is 4.50. The van der Waals surface area contributed by atoms with Gasteiger partial charge >= 0.3 is 5.97 Å². The van der Waals surface area contributed by atoms with E-state index in [0.29, 0.717) is 5.75 Å². The number of hydrogen-bond acceptors (Lipinski definition) is 4. The van der Waals surface area contributed by atoms with Crippen LogP contribution in [0.5, 0.6) is 5.75 Å². The van der Waals surface area contributed by atoms with Gasteiger partial charge in [0.2, 0.25) is 5.54 Å². The summed E-state index contributed by atoms with van der Waals surface area (Å²) in [6, 6.07) is 5.91. The molecule has 0 fully saturated rings. The molecule has 0 aliphatic heterocycles. The van der Waals surface area contributed by atoms with Gasteiger partial charge in [0.25, 0.3) is 0 Å². The standard InChI is InChI=1S/C12H15NO5/c1-12(2,13(16)17)7-8-18-10-5-3-9(4-6-10)11(14)15/h3-6H,7-8H2,1-2H3,(H,14,15). The molecule has 0 saturated carbocycles. The molecule has 18 heavy (non-hydrogen) atoms. The fourth-order valence-electron chi connectivity index (χ4n) is 1.20. The average Bonchev–Trinajstić information content (AvgIpc) is 2.29. The number of nitro groups is 1. The largest absolute Gasteiger partial charge is 0.493 e. The van der Waals surface area contributed by atoms with Crippen molar-refractivity contribution in [2.24, 2.45) is 0 Å². The van der Waals surface area contributed by atoms with Crippen LogP contribution in [0.2, 0.25) is 0 Å². The van der Waals surface area contributed by atoms with Crippen LogP contribution in [-0.2, 0) is 0 Å². The predicted octanol–water partition coefficient (Wildman–Crippen LogP) is 2.21. The van der Waals surface area contributed by atoms with Gasteiger partial charge in [-0.25, -0.2) is 4.79 Å².